The molecule has 1 aromatic heterocycles. The standard InChI is InChI=1S/C20H16FN3O5/c1-22-20(27)29-18-11-15(7-8-23-18)28-14-4-2-3-12(9-14)19(26)24-16-6-5-13(21)10-17(16)25/h2-11,25H,1H3,(H,22,27)(H,24,26). The first kappa shape index (κ1) is 19.6. The molecule has 0 bridgehead atoms. The predicted molar refractivity (Wildman–Crippen MR) is 102 cm³/mol. The molecular weight excluding hydrogens is 381 g/mol. The molecule has 8 nitrogen and oxygen atoms in total. The van der Waals surface area contributed by atoms with Crippen molar-refractivity contribution in [2.75, 3.05) is 12.4 Å². The van der Waals surface area contributed by atoms with E-state index in [0.29, 0.717) is 11.5 Å². The summed E-state index contributed by atoms with van der Waals surface area (Å²) in [5.74, 6) is -0.789. The molecule has 2 amide bonds. The number of ether oxygens (including phenoxy) is 2. The van der Waals surface area contributed by atoms with Crippen LogP contribution in [0.2, 0.25) is 0 Å². The van der Waals surface area contributed by atoms with Gasteiger partial charge in [-0.2, -0.15) is 0 Å². The van der Waals surface area contributed by atoms with Crippen LogP contribution in [0.1, 0.15) is 10.4 Å². The first-order valence-corrected chi connectivity index (χ1v) is 8.38. The Bertz CT molecular complexity index is 1060. The molecule has 0 aliphatic carbocycles. The van der Waals surface area contributed by atoms with Crippen molar-refractivity contribution >= 4 is 17.7 Å². The molecule has 148 valence electrons. The molecule has 2 aromatic carbocycles. The monoisotopic (exact) mass is 397 g/mol. The third kappa shape index (κ3) is 5.19. The Morgan fingerprint density at radius 3 is 2.62 bits per heavy atom. The largest absolute Gasteiger partial charge is 0.506 e. The van der Waals surface area contributed by atoms with Crippen molar-refractivity contribution < 1.29 is 28.6 Å². The zero-order chi connectivity index (χ0) is 20.8. The van der Waals surface area contributed by atoms with Crippen LogP contribution in [0.15, 0.2) is 60.8 Å². The fourth-order valence-corrected chi connectivity index (χ4v) is 2.30. The molecule has 3 rings (SSSR count). The second-order valence-electron chi connectivity index (χ2n) is 5.71. The number of carbonyl (C=O) groups excluding carboxylic acids is 2. The lowest BCUT2D eigenvalue weighted by atomic mass is 10.2. The Hall–Kier alpha value is -4.14. The quantitative estimate of drug-likeness (QED) is 0.567. The number of aromatic nitrogens is 1. The summed E-state index contributed by atoms with van der Waals surface area (Å²) in [5, 5.41) is 14.5. The van der Waals surface area contributed by atoms with Gasteiger partial charge in [0.1, 0.15) is 23.1 Å². The number of benzene rings is 2. The highest BCUT2D eigenvalue weighted by molar-refractivity contribution is 6.05. The SMILES string of the molecule is CNC(=O)Oc1cc(Oc2cccc(C(=O)Nc3ccc(F)cc3O)c2)ccn1. The number of hydrogen-bond acceptors (Lipinski definition) is 6. The van der Waals surface area contributed by atoms with Gasteiger partial charge in [0.2, 0.25) is 5.88 Å². The van der Waals surface area contributed by atoms with E-state index in [4.69, 9.17) is 9.47 Å². The van der Waals surface area contributed by atoms with E-state index < -0.39 is 17.8 Å². The number of carbonyl (C=O) groups is 2. The molecule has 0 radical (unpaired) electrons. The second kappa shape index (κ2) is 8.70. The highest BCUT2D eigenvalue weighted by atomic mass is 19.1. The summed E-state index contributed by atoms with van der Waals surface area (Å²) < 4.78 is 23.7. The summed E-state index contributed by atoms with van der Waals surface area (Å²) in [7, 11) is 1.42. The van der Waals surface area contributed by atoms with Crippen molar-refractivity contribution in [1.82, 2.24) is 10.3 Å². The first-order valence-electron chi connectivity index (χ1n) is 8.38. The van der Waals surface area contributed by atoms with E-state index in [1.807, 2.05) is 0 Å². The number of phenolic OH excluding ortho intramolecular Hbond substituents is 1. The van der Waals surface area contributed by atoms with Crippen molar-refractivity contribution in [1.29, 1.82) is 0 Å². The van der Waals surface area contributed by atoms with Gasteiger partial charge in [0.15, 0.2) is 0 Å². The fourth-order valence-electron chi connectivity index (χ4n) is 2.30. The number of halogens is 1. The summed E-state index contributed by atoms with van der Waals surface area (Å²) in [6.07, 6.45) is 0.735. The number of nitrogens with zero attached hydrogens (tertiary/aromatic N) is 1. The number of amides is 2. The third-order valence-corrected chi connectivity index (χ3v) is 3.65. The molecule has 1 heterocycles. The second-order valence-corrected chi connectivity index (χ2v) is 5.71. The minimum atomic E-state index is -0.669. The number of phenols is 1. The van der Waals surface area contributed by atoms with E-state index in [1.54, 1.807) is 24.3 Å². The normalized spacial score (nSPS) is 10.1. The van der Waals surface area contributed by atoms with Crippen molar-refractivity contribution in [3.63, 3.8) is 0 Å². The van der Waals surface area contributed by atoms with Crippen molar-refractivity contribution in [2.45, 2.75) is 0 Å². The van der Waals surface area contributed by atoms with Gasteiger partial charge in [-0.1, -0.05) is 6.07 Å². The van der Waals surface area contributed by atoms with Crippen molar-refractivity contribution in [3.05, 3.63) is 72.2 Å². The van der Waals surface area contributed by atoms with Gasteiger partial charge in [0.25, 0.3) is 5.91 Å². The van der Waals surface area contributed by atoms with E-state index in [-0.39, 0.29) is 22.9 Å². The molecule has 0 spiro atoms. The maximum atomic E-state index is 13.1. The van der Waals surface area contributed by atoms with Crippen molar-refractivity contribution in [3.8, 4) is 23.1 Å². The maximum Gasteiger partial charge on any atom is 0.413 e. The molecule has 0 aliphatic rings. The van der Waals surface area contributed by atoms with Gasteiger partial charge in [-0.05, 0) is 36.4 Å². The van der Waals surface area contributed by atoms with Gasteiger partial charge >= 0.3 is 6.09 Å². The van der Waals surface area contributed by atoms with Crippen molar-refractivity contribution in [2.24, 2.45) is 0 Å². The lowest BCUT2D eigenvalue weighted by molar-refractivity contribution is 0.102. The Morgan fingerprint density at radius 2 is 1.86 bits per heavy atom. The number of anilines is 1. The molecule has 0 unspecified atom stereocenters. The summed E-state index contributed by atoms with van der Waals surface area (Å²) in [6.45, 7) is 0. The molecular formula is C20H16FN3O5. The van der Waals surface area contributed by atoms with E-state index in [1.165, 1.54) is 31.4 Å². The van der Waals surface area contributed by atoms with Gasteiger partial charge in [-0.3, -0.25) is 4.79 Å². The van der Waals surface area contributed by atoms with E-state index in [0.717, 1.165) is 12.1 Å². The molecule has 9 heteroatoms. The number of aromatic hydroxyl groups is 1. The van der Waals surface area contributed by atoms with Gasteiger partial charge in [-0.15, -0.1) is 0 Å². The topological polar surface area (TPSA) is 110 Å². The minimum Gasteiger partial charge on any atom is -0.506 e. The summed E-state index contributed by atoms with van der Waals surface area (Å²) in [4.78, 5) is 27.6. The van der Waals surface area contributed by atoms with Crippen LogP contribution >= 0.6 is 0 Å². The molecule has 0 atom stereocenters. The van der Waals surface area contributed by atoms with Crippen LogP contribution in [-0.2, 0) is 0 Å². The van der Waals surface area contributed by atoms with Crippen LogP contribution in [-0.4, -0.2) is 29.1 Å². The fraction of sp³-hybridized carbons (Fsp3) is 0.0500. The lowest BCUT2D eigenvalue weighted by Gasteiger charge is -2.10. The maximum absolute atomic E-state index is 13.1. The minimum absolute atomic E-state index is 0.0440. The van der Waals surface area contributed by atoms with Crippen LogP contribution < -0.4 is 20.1 Å². The Morgan fingerprint density at radius 1 is 1.07 bits per heavy atom. The van der Waals surface area contributed by atoms with Gasteiger partial charge < -0.3 is 25.2 Å². The number of hydrogen-bond donors (Lipinski definition) is 3. The molecule has 0 saturated heterocycles. The average Bonchev–Trinajstić information content (AvgIpc) is 2.70. The van der Waals surface area contributed by atoms with Crippen LogP contribution in [0.25, 0.3) is 0 Å². The van der Waals surface area contributed by atoms with Gasteiger partial charge in [-0.25, -0.2) is 14.2 Å². The highest BCUT2D eigenvalue weighted by Gasteiger charge is 2.11. The summed E-state index contributed by atoms with van der Waals surface area (Å²) in [6, 6.07) is 12.5. The smallest absolute Gasteiger partial charge is 0.413 e. The Labute approximate surface area is 164 Å². The zero-order valence-electron chi connectivity index (χ0n) is 15.2. The molecule has 3 aromatic rings. The average molecular weight is 397 g/mol. The summed E-state index contributed by atoms with van der Waals surface area (Å²) in [5.41, 5.74) is 0.329. The first-order chi connectivity index (χ1) is 13.9. The number of pyridine rings is 1. The molecule has 0 aliphatic heterocycles. The molecule has 0 fully saturated rings. The van der Waals surface area contributed by atoms with Gasteiger partial charge in [0, 0.05) is 30.9 Å². The lowest BCUT2D eigenvalue weighted by Crippen LogP contribution is -2.22. The van der Waals surface area contributed by atoms with E-state index >= 15 is 0 Å². The predicted octanol–water partition coefficient (Wildman–Crippen LogP) is 3.69. The molecule has 29 heavy (non-hydrogen) atoms. The molecule has 3 N–H and O–H groups in total. The van der Waals surface area contributed by atoms with E-state index in [2.05, 4.69) is 15.6 Å². The number of nitrogens with one attached hydrogen (secondary N) is 2. The van der Waals surface area contributed by atoms with E-state index in [9.17, 15) is 19.1 Å². The molecule has 0 saturated carbocycles. The van der Waals surface area contributed by atoms with Crippen LogP contribution in [0.4, 0.5) is 14.9 Å². The summed E-state index contributed by atoms with van der Waals surface area (Å²) >= 11 is 0. The Kier molecular flexibility index (Phi) is 5.88. The van der Waals surface area contributed by atoms with Crippen LogP contribution in [0, 0.1) is 5.82 Å². The Balaban J connectivity index is 1.73. The zero-order valence-corrected chi connectivity index (χ0v) is 15.2. The van der Waals surface area contributed by atoms with Crippen LogP contribution in [0.5, 0.6) is 23.1 Å². The van der Waals surface area contributed by atoms with Gasteiger partial charge in [0.05, 0.1) is 5.69 Å². The third-order valence-electron chi connectivity index (χ3n) is 3.65. The highest BCUT2D eigenvalue weighted by Crippen LogP contribution is 2.27. The number of rotatable bonds is 5. The van der Waals surface area contributed by atoms with Crippen LogP contribution in [0.3, 0.4) is 0 Å².